The SMILES string of the molecule is CCCCCCCCCCCC(=O)N1CCCN(C(=O)CCCCCCCCCCC)CC1. The van der Waals surface area contributed by atoms with Gasteiger partial charge in [-0.3, -0.25) is 9.59 Å². The second-order valence-electron chi connectivity index (χ2n) is 10.3. The van der Waals surface area contributed by atoms with Gasteiger partial charge < -0.3 is 9.80 Å². The van der Waals surface area contributed by atoms with Crippen molar-refractivity contribution < 1.29 is 9.59 Å². The monoisotopic (exact) mass is 464 g/mol. The van der Waals surface area contributed by atoms with Gasteiger partial charge in [-0.1, -0.05) is 117 Å². The van der Waals surface area contributed by atoms with E-state index in [1.807, 2.05) is 9.80 Å². The summed E-state index contributed by atoms with van der Waals surface area (Å²) in [5.41, 5.74) is 0. The van der Waals surface area contributed by atoms with Crippen LogP contribution >= 0.6 is 0 Å². The summed E-state index contributed by atoms with van der Waals surface area (Å²) in [6.45, 7) is 7.60. The maximum atomic E-state index is 12.6. The predicted octanol–water partition coefficient (Wildman–Crippen LogP) is 7.89. The molecule has 0 atom stereocenters. The van der Waals surface area contributed by atoms with E-state index in [9.17, 15) is 9.59 Å². The van der Waals surface area contributed by atoms with E-state index in [1.165, 1.54) is 103 Å². The lowest BCUT2D eigenvalue weighted by atomic mass is 10.1. The van der Waals surface area contributed by atoms with Crippen LogP contribution in [-0.2, 0) is 9.59 Å². The lowest BCUT2D eigenvalue weighted by molar-refractivity contribution is -0.133. The summed E-state index contributed by atoms with van der Waals surface area (Å²) in [5, 5.41) is 0. The molecule has 0 aromatic rings. The first kappa shape index (κ1) is 30.0. The maximum absolute atomic E-state index is 12.6. The molecule has 1 rings (SSSR count). The molecule has 4 nitrogen and oxygen atoms in total. The van der Waals surface area contributed by atoms with Crippen molar-refractivity contribution in [2.45, 2.75) is 149 Å². The van der Waals surface area contributed by atoms with Crippen molar-refractivity contribution in [2.75, 3.05) is 26.2 Å². The fourth-order valence-corrected chi connectivity index (χ4v) is 4.91. The highest BCUT2D eigenvalue weighted by Crippen LogP contribution is 2.14. The van der Waals surface area contributed by atoms with Crippen molar-refractivity contribution in [3.63, 3.8) is 0 Å². The number of hydrogen-bond acceptors (Lipinski definition) is 2. The van der Waals surface area contributed by atoms with Gasteiger partial charge in [0.05, 0.1) is 0 Å². The molecule has 0 aromatic carbocycles. The van der Waals surface area contributed by atoms with Crippen LogP contribution in [0.15, 0.2) is 0 Å². The summed E-state index contributed by atoms with van der Waals surface area (Å²) in [6.07, 6.45) is 25.4. The summed E-state index contributed by atoms with van der Waals surface area (Å²) in [6, 6.07) is 0. The molecule has 4 heteroatoms. The Balaban J connectivity index is 2.05. The molecule has 1 aliphatic heterocycles. The number of nitrogens with zero attached hydrogens (tertiary/aromatic N) is 2. The van der Waals surface area contributed by atoms with Crippen LogP contribution < -0.4 is 0 Å². The minimum Gasteiger partial charge on any atom is -0.341 e. The predicted molar refractivity (Wildman–Crippen MR) is 141 cm³/mol. The van der Waals surface area contributed by atoms with Crippen LogP contribution in [0.4, 0.5) is 0 Å². The third kappa shape index (κ3) is 16.2. The van der Waals surface area contributed by atoms with Crippen LogP contribution in [0.1, 0.15) is 149 Å². The van der Waals surface area contributed by atoms with Crippen LogP contribution in [0.3, 0.4) is 0 Å². The Bertz CT molecular complexity index is 438. The van der Waals surface area contributed by atoms with E-state index in [0.29, 0.717) is 24.7 Å². The van der Waals surface area contributed by atoms with Crippen molar-refractivity contribution in [2.24, 2.45) is 0 Å². The van der Waals surface area contributed by atoms with Gasteiger partial charge in [0.15, 0.2) is 0 Å². The number of rotatable bonds is 20. The van der Waals surface area contributed by atoms with Gasteiger partial charge in [0.1, 0.15) is 0 Å². The van der Waals surface area contributed by atoms with Crippen molar-refractivity contribution in [3.05, 3.63) is 0 Å². The molecule has 1 saturated heterocycles. The fraction of sp³-hybridized carbons (Fsp3) is 0.931. The van der Waals surface area contributed by atoms with E-state index in [0.717, 1.165) is 45.4 Å². The first-order valence-corrected chi connectivity index (χ1v) is 14.7. The van der Waals surface area contributed by atoms with Crippen molar-refractivity contribution in [3.8, 4) is 0 Å². The third-order valence-electron chi connectivity index (χ3n) is 7.19. The van der Waals surface area contributed by atoms with E-state index in [1.54, 1.807) is 0 Å². The van der Waals surface area contributed by atoms with E-state index < -0.39 is 0 Å². The fourth-order valence-electron chi connectivity index (χ4n) is 4.91. The zero-order valence-corrected chi connectivity index (χ0v) is 22.4. The first-order chi connectivity index (χ1) is 16.2. The Morgan fingerprint density at radius 3 is 1.09 bits per heavy atom. The van der Waals surface area contributed by atoms with Crippen LogP contribution in [0.5, 0.6) is 0 Å². The molecule has 1 fully saturated rings. The van der Waals surface area contributed by atoms with Gasteiger partial charge >= 0.3 is 0 Å². The summed E-state index contributed by atoms with van der Waals surface area (Å²) >= 11 is 0. The molecule has 1 heterocycles. The molecule has 194 valence electrons. The molecule has 1 aliphatic rings. The van der Waals surface area contributed by atoms with E-state index >= 15 is 0 Å². The quantitative estimate of drug-likeness (QED) is 0.172. The van der Waals surface area contributed by atoms with Crippen LogP contribution in [0.2, 0.25) is 0 Å². The van der Waals surface area contributed by atoms with E-state index in [2.05, 4.69) is 13.8 Å². The normalized spacial score (nSPS) is 14.5. The smallest absolute Gasteiger partial charge is 0.222 e. The lowest BCUT2D eigenvalue weighted by Gasteiger charge is -2.22. The molecule has 0 spiro atoms. The van der Waals surface area contributed by atoms with Crippen molar-refractivity contribution in [1.82, 2.24) is 9.80 Å². The molecular formula is C29H56N2O2. The Kier molecular flexibility index (Phi) is 19.5. The highest BCUT2D eigenvalue weighted by Gasteiger charge is 2.21. The molecule has 33 heavy (non-hydrogen) atoms. The highest BCUT2D eigenvalue weighted by molar-refractivity contribution is 5.77. The summed E-state index contributed by atoms with van der Waals surface area (Å²) in [5.74, 6) is 0.595. The average Bonchev–Trinajstić information content (AvgIpc) is 3.08. The number of hydrogen-bond donors (Lipinski definition) is 0. The molecule has 0 N–H and O–H groups in total. The van der Waals surface area contributed by atoms with Crippen LogP contribution in [0, 0.1) is 0 Å². The number of carbonyl (C=O) groups is 2. The Morgan fingerprint density at radius 1 is 0.455 bits per heavy atom. The van der Waals surface area contributed by atoms with Crippen LogP contribution in [-0.4, -0.2) is 47.8 Å². The minimum absolute atomic E-state index is 0.297. The molecule has 0 bridgehead atoms. The van der Waals surface area contributed by atoms with Gasteiger partial charge in [0.25, 0.3) is 0 Å². The average molecular weight is 465 g/mol. The standard InChI is InChI=1S/C29H56N2O2/c1-3-5-7-9-11-13-15-17-19-22-28(32)30-24-21-25-31(27-26-30)29(33)23-20-18-16-14-12-10-8-6-4-2/h3-27H2,1-2H3. The van der Waals surface area contributed by atoms with Gasteiger partial charge in [-0.2, -0.15) is 0 Å². The van der Waals surface area contributed by atoms with Crippen molar-refractivity contribution >= 4 is 11.8 Å². The van der Waals surface area contributed by atoms with Crippen LogP contribution in [0.25, 0.3) is 0 Å². The summed E-state index contributed by atoms with van der Waals surface area (Å²) in [4.78, 5) is 29.2. The van der Waals surface area contributed by atoms with E-state index in [-0.39, 0.29) is 0 Å². The largest absolute Gasteiger partial charge is 0.341 e. The van der Waals surface area contributed by atoms with Gasteiger partial charge in [-0.25, -0.2) is 0 Å². The molecule has 0 unspecified atom stereocenters. The first-order valence-electron chi connectivity index (χ1n) is 14.7. The molecule has 0 saturated carbocycles. The Labute approximate surface area is 206 Å². The zero-order chi connectivity index (χ0) is 24.0. The van der Waals surface area contributed by atoms with Gasteiger partial charge in [-0.05, 0) is 19.3 Å². The lowest BCUT2D eigenvalue weighted by Crippen LogP contribution is -2.37. The molecule has 0 radical (unpaired) electrons. The third-order valence-corrected chi connectivity index (χ3v) is 7.19. The second kappa shape index (κ2) is 21.5. The van der Waals surface area contributed by atoms with Gasteiger partial charge in [0, 0.05) is 39.0 Å². The Morgan fingerprint density at radius 2 is 0.758 bits per heavy atom. The number of amides is 2. The summed E-state index contributed by atoms with van der Waals surface area (Å²) in [7, 11) is 0. The van der Waals surface area contributed by atoms with Gasteiger partial charge in [-0.15, -0.1) is 0 Å². The minimum atomic E-state index is 0.297. The number of carbonyl (C=O) groups excluding carboxylic acids is 2. The topological polar surface area (TPSA) is 40.6 Å². The maximum Gasteiger partial charge on any atom is 0.222 e. The molecular weight excluding hydrogens is 408 g/mol. The van der Waals surface area contributed by atoms with Gasteiger partial charge in [0.2, 0.25) is 11.8 Å². The summed E-state index contributed by atoms with van der Waals surface area (Å²) < 4.78 is 0. The number of unbranched alkanes of at least 4 members (excludes halogenated alkanes) is 16. The van der Waals surface area contributed by atoms with Crippen molar-refractivity contribution in [1.29, 1.82) is 0 Å². The second-order valence-corrected chi connectivity index (χ2v) is 10.3. The van der Waals surface area contributed by atoms with E-state index in [4.69, 9.17) is 0 Å². The molecule has 0 aromatic heterocycles. The molecule has 0 aliphatic carbocycles. The molecule has 2 amide bonds. The Hall–Kier alpha value is -1.06. The zero-order valence-electron chi connectivity index (χ0n) is 22.4. The highest BCUT2D eigenvalue weighted by atomic mass is 16.2.